The lowest BCUT2D eigenvalue weighted by Gasteiger charge is -2.07. The number of carbonyl (C=O) groups is 2. The van der Waals surface area contributed by atoms with E-state index in [1.807, 2.05) is 0 Å². The Labute approximate surface area is 111 Å². The van der Waals surface area contributed by atoms with Crippen LogP contribution >= 0.6 is 11.6 Å². The highest BCUT2D eigenvalue weighted by Crippen LogP contribution is 2.12. The lowest BCUT2D eigenvalue weighted by molar-refractivity contribution is -0.139. The van der Waals surface area contributed by atoms with E-state index in [0.29, 0.717) is 5.02 Å². The lowest BCUT2D eigenvalue weighted by Crippen LogP contribution is -2.26. The lowest BCUT2D eigenvalue weighted by atomic mass is 10.2. The molecule has 0 saturated carbocycles. The minimum absolute atomic E-state index is 0.103. The van der Waals surface area contributed by atoms with Gasteiger partial charge in [-0.25, -0.2) is 4.79 Å². The van der Waals surface area contributed by atoms with Crippen molar-refractivity contribution >= 4 is 29.6 Å². The molecule has 1 aromatic rings. The van der Waals surface area contributed by atoms with Crippen molar-refractivity contribution in [2.24, 2.45) is 0 Å². The molecular weight excluding hydrogens is 254 g/mol. The summed E-state index contributed by atoms with van der Waals surface area (Å²) in [6, 6.07) is 6.88. The average molecular weight is 268 g/mol. The van der Waals surface area contributed by atoms with Gasteiger partial charge in [-0.2, -0.15) is 0 Å². The first-order valence-electron chi connectivity index (χ1n) is 5.45. The minimum atomic E-state index is -0.567. The molecule has 1 aromatic carbocycles. The van der Waals surface area contributed by atoms with Crippen LogP contribution in [0.5, 0.6) is 0 Å². The molecule has 96 valence electrons. The average Bonchev–Trinajstić information content (AvgIpc) is 2.31. The SMILES string of the molecule is CCOC(=O)/C(=C/c1ccc(Cl)cc1)NC(C)=O. The summed E-state index contributed by atoms with van der Waals surface area (Å²) in [5.74, 6) is -0.897. The second-order valence-corrected chi connectivity index (χ2v) is 3.95. The maximum Gasteiger partial charge on any atom is 0.354 e. The predicted octanol–water partition coefficient (Wildman–Crippen LogP) is 2.38. The summed E-state index contributed by atoms with van der Waals surface area (Å²) in [6.07, 6.45) is 1.54. The highest BCUT2D eigenvalue weighted by molar-refractivity contribution is 6.30. The Bertz CT molecular complexity index is 466. The molecule has 0 aliphatic heterocycles. The third-order valence-electron chi connectivity index (χ3n) is 1.99. The van der Waals surface area contributed by atoms with Crippen LogP contribution in [0.3, 0.4) is 0 Å². The largest absolute Gasteiger partial charge is 0.461 e. The number of benzene rings is 1. The van der Waals surface area contributed by atoms with Crippen molar-refractivity contribution in [3.05, 3.63) is 40.5 Å². The third kappa shape index (κ3) is 4.59. The summed E-state index contributed by atoms with van der Waals surface area (Å²) in [5, 5.41) is 3.04. The Kier molecular flexibility index (Phi) is 5.39. The molecule has 1 N–H and O–H groups in total. The molecule has 0 saturated heterocycles. The number of amides is 1. The van der Waals surface area contributed by atoms with E-state index in [9.17, 15) is 9.59 Å². The van der Waals surface area contributed by atoms with Crippen LogP contribution < -0.4 is 5.32 Å². The molecule has 4 nitrogen and oxygen atoms in total. The molecule has 0 unspecified atom stereocenters. The summed E-state index contributed by atoms with van der Waals surface area (Å²) in [4.78, 5) is 22.6. The zero-order valence-corrected chi connectivity index (χ0v) is 11.0. The zero-order chi connectivity index (χ0) is 13.5. The van der Waals surface area contributed by atoms with E-state index in [2.05, 4.69) is 5.32 Å². The maximum atomic E-state index is 11.6. The summed E-state index contributed by atoms with van der Waals surface area (Å²) < 4.78 is 4.85. The second-order valence-electron chi connectivity index (χ2n) is 3.51. The van der Waals surface area contributed by atoms with Crippen LogP contribution in [-0.4, -0.2) is 18.5 Å². The monoisotopic (exact) mass is 267 g/mol. The van der Waals surface area contributed by atoms with Gasteiger partial charge >= 0.3 is 5.97 Å². The van der Waals surface area contributed by atoms with Crippen molar-refractivity contribution < 1.29 is 14.3 Å². The fourth-order valence-corrected chi connectivity index (χ4v) is 1.40. The van der Waals surface area contributed by atoms with Gasteiger partial charge in [0.25, 0.3) is 0 Å². The first-order valence-corrected chi connectivity index (χ1v) is 5.82. The van der Waals surface area contributed by atoms with Crippen molar-refractivity contribution in [2.75, 3.05) is 6.61 Å². The molecule has 0 spiro atoms. The third-order valence-corrected chi connectivity index (χ3v) is 2.24. The molecule has 5 heteroatoms. The normalized spacial score (nSPS) is 10.9. The Morgan fingerprint density at radius 2 is 1.94 bits per heavy atom. The van der Waals surface area contributed by atoms with Gasteiger partial charge in [-0.15, -0.1) is 0 Å². The van der Waals surface area contributed by atoms with E-state index in [-0.39, 0.29) is 18.2 Å². The molecule has 0 bridgehead atoms. The number of hydrogen-bond donors (Lipinski definition) is 1. The van der Waals surface area contributed by atoms with E-state index >= 15 is 0 Å². The Balaban J connectivity index is 2.97. The topological polar surface area (TPSA) is 55.4 Å². The molecule has 0 atom stereocenters. The molecule has 1 rings (SSSR count). The fourth-order valence-electron chi connectivity index (χ4n) is 1.27. The molecule has 0 aliphatic rings. The number of hydrogen-bond acceptors (Lipinski definition) is 3. The zero-order valence-electron chi connectivity index (χ0n) is 10.2. The molecule has 0 radical (unpaired) electrons. The highest BCUT2D eigenvalue weighted by atomic mass is 35.5. The van der Waals surface area contributed by atoms with E-state index in [0.717, 1.165) is 5.56 Å². The van der Waals surface area contributed by atoms with Gasteiger partial charge in [0.2, 0.25) is 5.91 Å². The minimum Gasteiger partial charge on any atom is -0.461 e. The molecule has 0 heterocycles. The summed E-state index contributed by atoms with van der Waals surface area (Å²) in [6.45, 7) is 3.27. The van der Waals surface area contributed by atoms with E-state index in [1.165, 1.54) is 13.0 Å². The van der Waals surface area contributed by atoms with E-state index in [4.69, 9.17) is 16.3 Å². The molecule has 0 aromatic heterocycles. The van der Waals surface area contributed by atoms with Crippen LogP contribution in [0.15, 0.2) is 30.0 Å². The number of rotatable bonds is 4. The van der Waals surface area contributed by atoms with Gasteiger partial charge < -0.3 is 10.1 Å². The van der Waals surface area contributed by atoms with Gasteiger partial charge in [-0.3, -0.25) is 4.79 Å². The van der Waals surface area contributed by atoms with Crippen LogP contribution in [0.2, 0.25) is 5.02 Å². The van der Waals surface area contributed by atoms with Crippen LogP contribution in [0.25, 0.3) is 6.08 Å². The van der Waals surface area contributed by atoms with Crippen molar-refractivity contribution in [2.45, 2.75) is 13.8 Å². The molecule has 1 amide bonds. The molecular formula is C13H14ClNO3. The quantitative estimate of drug-likeness (QED) is 0.673. The van der Waals surface area contributed by atoms with Gasteiger partial charge in [0.15, 0.2) is 0 Å². The standard InChI is InChI=1S/C13H14ClNO3/c1-3-18-13(17)12(15-9(2)16)8-10-4-6-11(14)7-5-10/h4-8H,3H2,1-2H3,(H,15,16)/b12-8-. The van der Waals surface area contributed by atoms with E-state index < -0.39 is 5.97 Å². The van der Waals surface area contributed by atoms with Crippen LogP contribution in [0.4, 0.5) is 0 Å². The Morgan fingerprint density at radius 3 is 2.44 bits per heavy atom. The Morgan fingerprint density at radius 1 is 1.33 bits per heavy atom. The maximum absolute atomic E-state index is 11.6. The van der Waals surface area contributed by atoms with Crippen molar-refractivity contribution in [3.8, 4) is 0 Å². The van der Waals surface area contributed by atoms with Gasteiger partial charge in [0.1, 0.15) is 5.70 Å². The van der Waals surface area contributed by atoms with Gasteiger partial charge in [-0.1, -0.05) is 23.7 Å². The van der Waals surface area contributed by atoms with Gasteiger partial charge in [0, 0.05) is 11.9 Å². The van der Waals surface area contributed by atoms with Gasteiger partial charge in [-0.05, 0) is 30.7 Å². The number of nitrogens with one attached hydrogen (secondary N) is 1. The summed E-state index contributed by atoms with van der Waals surface area (Å²) in [7, 11) is 0. The van der Waals surface area contributed by atoms with Crippen molar-refractivity contribution in [1.29, 1.82) is 0 Å². The Hall–Kier alpha value is -1.81. The molecule has 0 fully saturated rings. The number of carbonyl (C=O) groups excluding carboxylic acids is 2. The fraction of sp³-hybridized carbons (Fsp3) is 0.231. The smallest absolute Gasteiger partial charge is 0.354 e. The second kappa shape index (κ2) is 6.81. The molecule has 0 aliphatic carbocycles. The highest BCUT2D eigenvalue weighted by Gasteiger charge is 2.11. The summed E-state index contributed by atoms with van der Waals surface area (Å²) in [5.41, 5.74) is 0.850. The summed E-state index contributed by atoms with van der Waals surface area (Å²) >= 11 is 5.76. The van der Waals surface area contributed by atoms with Crippen molar-refractivity contribution in [3.63, 3.8) is 0 Å². The predicted molar refractivity (Wildman–Crippen MR) is 69.9 cm³/mol. The van der Waals surface area contributed by atoms with Crippen LogP contribution in [0.1, 0.15) is 19.4 Å². The van der Waals surface area contributed by atoms with E-state index in [1.54, 1.807) is 31.2 Å². The van der Waals surface area contributed by atoms with Crippen molar-refractivity contribution in [1.82, 2.24) is 5.32 Å². The number of halogens is 1. The van der Waals surface area contributed by atoms with Gasteiger partial charge in [0.05, 0.1) is 6.61 Å². The first kappa shape index (κ1) is 14.3. The molecule has 18 heavy (non-hydrogen) atoms. The first-order chi connectivity index (χ1) is 8.52. The number of esters is 1. The van der Waals surface area contributed by atoms with Crippen LogP contribution in [0, 0.1) is 0 Å². The van der Waals surface area contributed by atoms with Crippen LogP contribution in [-0.2, 0) is 14.3 Å². The number of ether oxygens (including phenoxy) is 1.